The normalized spacial score (nSPS) is 11.9. The standard InChI is InChI=1S/C24H22N4O5S2.Na/c1-2-28(18-8-4-3-5-9-18)34(29,30)23-11-7-6-10-22(23)26-27-24-20-14-13-19(35(31,32)33)16-17(20)12-15-21(24)25;/h3-16H,2,25H2,1H3,(H,31,32,33);/q;+1/p-1. The molecular formula is C24H21N4NaO5S2. The van der Waals surface area contributed by atoms with Crippen molar-refractivity contribution in [2.75, 3.05) is 16.6 Å². The molecule has 0 aliphatic heterocycles. The summed E-state index contributed by atoms with van der Waals surface area (Å²) < 4.78 is 62.4. The van der Waals surface area contributed by atoms with E-state index in [4.69, 9.17) is 5.73 Å². The first kappa shape index (κ1) is 27.8. The molecule has 9 nitrogen and oxygen atoms in total. The summed E-state index contributed by atoms with van der Waals surface area (Å²) in [5.74, 6) is 0. The minimum absolute atomic E-state index is 0. The Balaban J connectivity index is 0.00000361. The molecule has 4 aromatic carbocycles. The van der Waals surface area contributed by atoms with E-state index in [-0.39, 0.29) is 63.0 Å². The number of sulfonamides is 1. The molecule has 0 heterocycles. The number of hydrogen-bond donors (Lipinski definition) is 1. The zero-order chi connectivity index (χ0) is 25.2. The molecule has 0 aliphatic rings. The summed E-state index contributed by atoms with van der Waals surface area (Å²) in [4.78, 5) is -0.414. The smallest absolute Gasteiger partial charge is 0.744 e. The first-order valence-corrected chi connectivity index (χ1v) is 13.3. The Morgan fingerprint density at radius 1 is 0.861 bits per heavy atom. The number of nitrogens with two attached hydrogens (primary N) is 1. The van der Waals surface area contributed by atoms with Gasteiger partial charge in [0.25, 0.3) is 10.0 Å². The van der Waals surface area contributed by atoms with Gasteiger partial charge in [0.1, 0.15) is 26.4 Å². The Morgan fingerprint density at radius 3 is 2.19 bits per heavy atom. The number of fused-ring (bicyclic) bond motifs is 1. The molecule has 180 valence electrons. The molecule has 2 N–H and O–H groups in total. The van der Waals surface area contributed by atoms with E-state index in [2.05, 4.69) is 10.2 Å². The minimum Gasteiger partial charge on any atom is -0.744 e. The zero-order valence-corrected chi connectivity index (χ0v) is 23.2. The van der Waals surface area contributed by atoms with Gasteiger partial charge in [-0.05, 0) is 54.8 Å². The Kier molecular flexibility index (Phi) is 8.55. The molecule has 0 amide bonds. The van der Waals surface area contributed by atoms with Gasteiger partial charge in [-0.2, -0.15) is 0 Å². The number of rotatable bonds is 7. The van der Waals surface area contributed by atoms with E-state index < -0.39 is 20.1 Å². The molecule has 0 saturated carbocycles. The Labute approximate surface area is 231 Å². The van der Waals surface area contributed by atoms with E-state index in [0.29, 0.717) is 16.5 Å². The van der Waals surface area contributed by atoms with Crippen molar-refractivity contribution in [3.05, 3.63) is 84.9 Å². The number of nitrogens with zero attached hydrogens (tertiary/aromatic N) is 3. The molecule has 0 bridgehead atoms. The SMILES string of the molecule is CCN(c1ccccc1)S(=O)(=O)c1ccccc1N=Nc1c(N)ccc2cc(S(=O)(=O)[O-])ccc12.[Na+]. The van der Waals surface area contributed by atoms with Crippen LogP contribution < -0.4 is 39.6 Å². The first-order valence-electron chi connectivity index (χ1n) is 10.5. The van der Waals surface area contributed by atoms with Crippen LogP contribution in [0.4, 0.5) is 22.7 Å². The van der Waals surface area contributed by atoms with Crippen LogP contribution in [-0.4, -0.2) is 27.9 Å². The van der Waals surface area contributed by atoms with E-state index in [0.717, 1.165) is 0 Å². The summed E-state index contributed by atoms with van der Waals surface area (Å²) in [6.45, 7) is 1.95. The fourth-order valence-electron chi connectivity index (χ4n) is 3.64. The Bertz CT molecular complexity index is 1640. The van der Waals surface area contributed by atoms with Gasteiger partial charge in [0.15, 0.2) is 0 Å². The maximum Gasteiger partial charge on any atom is 1.00 e. The van der Waals surface area contributed by atoms with Crippen molar-refractivity contribution < 1.29 is 50.9 Å². The van der Waals surface area contributed by atoms with Crippen molar-refractivity contribution >= 4 is 53.7 Å². The molecule has 0 spiro atoms. The number of azo groups is 1. The molecule has 0 aliphatic carbocycles. The van der Waals surface area contributed by atoms with Crippen LogP contribution in [0.1, 0.15) is 6.92 Å². The van der Waals surface area contributed by atoms with Crippen molar-refractivity contribution in [3.8, 4) is 0 Å². The summed E-state index contributed by atoms with van der Waals surface area (Å²) in [6.07, 6.45) is 0. The summed E-state index contributed by atoms with van der Waals surface area (Å²) in [5, 5.41) is 9.29. The summed E-state index contributed by atoms with van der Waals surface area (Å²) in [6, 6.07) is 21.8. The van der Waals surface area contributed by atoms with Gasteiger partial charge in [-0.15, -0.1) is 10.2 Å². The number of anilines is 2. The summed E-state index contributed by atoms with van der Waals surface area (Å²) >= 11 is 0. The molecule has 12 heteroatoms. The van der Waals surface area contributed by atoms with Crippen molar-refractivity contribution in [2.24, 2.45) is 10.2 Å². The van der Waals surface area contributed by atoms with Crippen molar-refractivity contribution in [1.29, 1.82) is 0 Å². The van der Waals surface area contributed by atoms with Gasteiger partial charge in [0.05, 0.1) is 16.3 Å². The third-order valence-electron chi connectivity index (χ3n) is 5.31. The Hall–Kier alpha value is -2.80. The quantitative estimate of drug-likeness (QED) is 0.167. The molecule has 4 rings (SSSR count). The maximum absolute atomic E-state index is 13.5. The van der Waals surface area contributed by atoms with Crippen LogP contribution >= 0.6 is 0 Å². The minimum atomic E-state index is -4.63. The van der Waals surface area contributed by atoms with Gasteiger partial charge < -0.3 is 10.3 Å². The van der Waals surface area contributed by atoms with Crippen LogP contribution in [0.15, 0.2) is 105 Å². The van der Waals surface area contributed by atoms with Crippen LogP contribution in [0.5, 0.6) is 0 Å². The van der Waals surface area contributed by atoms with Crippen LogP contribution in [0.2, 0.25) is 0 Å². The predicted octanol–water partition coefficient (Wildman–Crippen LogP) is 1.96. The average molecular weight is 533 g/mol. The summed E-state index contributed by atoms with van der Waals surface area (Å²) in [7, 11) is -8.60. The fraction of sp³-hybridized carbons (Fsp3) is 0.0833. The second-order valence-electron chi connectivity index (χ2n) is 7.51. The monoisotopic (exact) mass is 532 g/mol. The first-order chi connectivity index (χ1) is 16.6. The third kappa shape index (κ3) is 5.61. The maximum atomic E-state index is 13.5. The van der Waals surface area contributed by atoms with E-state index in [1.807, 2.05) is 0 Å². The predicted molar refractivity (Wildman–Crippen MR) is 134 cm³/mol. The van der Waals surface area contributed by atoms with Gasteiger partial charge >= 0.3 is 29.6 Å². The van der Waals surface area contributed by atoms with Crippen LogP contribution in [0, 0.1) is 0 Å². The van der Waals surface area contributed by atoms with Gasteiger partial charge in [-0.25, -0.2) is 16.8 Å². The van der Waals surface area contributed by atoms with Gasteiger partial charge in [0.2, 0.25) is 0 Å². The topological polar surface area (TPSA) is 145 Å². The van der Waals surface area contributed by atoms with E-state index in [1.54, 1.807) is 55.5 Å². The van der Waals surface area contributed by atoms with Gasteiger partial charge in [0, 0.05) is 11.9 Å². The van der Waals surface area contributed by atoms with Gasteiger partial charge in [-0.1, -0.05) is 42.5 Å². The second kappa shape index (κ2) is 11.1. The van der Waals surface area contributed by atoms with E-state index in [9.17, 15) is 21.4 Å². The number of benzene rings is 4. The van der Waals surface area contributed by atoms with Gasteiger partial charge in [-0.3, -0.25) is 4.31 Å². The Morgan fingerprint density at radius 2 is 1.53 bits per heavy atom. The number of para-hydroxylation sites is 1. The number of hydrogen-bond acceptors (Lipinski definition) is 8. The molecule has 4 aromatic rings. The molecule has 0 fully saturated rings. The molecular weight excluding hydrogens is 511 g/mol. The van der Waals surface area contributed by atoms with Crippen molar-refractivity contribution in [3.63, 3.8) is 0 Å². The molecule has 0 radical (unpaired) electrons. The average Bonchev–Trinajstić information content (AvgIpc) is 2.83. The van der Waals surface area contributed by atoms with Crippen LogP contribution in [0.25, 0.3) is 10.8 Å². The van der Waals surface area contributed by atoms with E-state index in [1.165, 1.54) is 40.7 Å². The molecule has 0 atom stereocenters. The largest absolute Gasteiger partial charge is 1.00 e. The van der Waals surface area contributed by atoms with Crippen molar-refractivity contribution in [1.82, 2.24) is 0 Å². The van der Waals surface area contributed by atoms with E-state index >= 15 is 0 Å². The molecule has 0 unspecified atom stereocenters. The third-order valence-corrected chi connectivity index (χ3v) is 8.09. The van der Waals surface area contributed by atoms with Crippen LogP contribution in [0.3, 0.4) is 0 Å². The molecule has 36 heavy (non-hydrogen) atoms. The van der Waals surface area contributed by atoms with Crippen molar-refractivity contribution in [2.45, 2.75) is 16.7 Å². The number of nitrogen functional groups attached to an aromatic ring is 1. The zero-order valence-electron chi connectivity index (χ0n) is 19.6. The fourth-order valence-corrected chi connectivity index (χ4v) is 5.75. The molecule has 0 saturated heterocycles. The van der Waals surface area contributed by atoms with Crippen LogP contribution in [-0.2, 0) is 20.1 Å². The summed E-state index contributed by atoms with van der Waals surface area (Å²) in [5.41, 5.74) is 7.18. The second-order valence-corrected chi connectivity index (χ2v) is 10.7. The molecule has 0 aromatic heterocycles.